The van der Waals surface area contributed by atoms with E-state index in [4.69, 9.17) is 16.7 Å². The Morgan fingerprint density at radius 1 is 1.32 bits per heavy atom. The first kappa shape index (κ1) is 19.6. The minimum absolute atomic E-state index is 0.0850. The van der Waals surface area contributed by atoms with Crippen molar-refractivity contribution in [1.82, 2.24) is 19.6 Å². The van der Waals surface area contributed by atoms with Crippen molar-refractivity contribution in [3.05, 3.63) is 64.3 Å². The largest absolute Gasteiger partial charge is 0.481 e. The molecule has 8 nitrogen and oxygen atoms in total. The molecule has 10 heteroatoms. The quantitative estimate of drug-likeness (QED) is 0.629. The molecular weight excluding hydrogens is 389 g/mol. The number of carbonyl (C=O) groups excluding carboxylic acids is 1. The number of anilines is 1. The molecule has 0 fully saturated rings. The van der Waals surface area contributed by atoms with E-state index in [1.807, 2.05) is 6.92 Å². The molecule has 0 spiro atoms. The second-order valence-electron chi connectivity index (χ2n) is 6.15. The van der Waals surface area contributed by atoms with Crippen LogP contribution in [0.15, 0.2) is 36.7 Å². The summed E-state index contributed by atoms with van der Waals surface area (Å²) < 4.78 is 16.2. The first-order valence-corrected chi connectivity index (χ1v) is 8.73. The van der Waals surface area contributed by atoms with E-state index in [9.17, 15) is 14.0 Å². The fraction of sp³-hybridized carbons (Fsp3) is 0.222. The molecular formula is C18H17ClFN5O3. The average molecular weight is 406 g/mol. The number of carboxylic acid groups (broad SMARTS) is 1. The molecule has 28 heavy (non-hydrogen) atoms. The fourth-order valence-electron chi connectivity index (χ4n) is 2.54. The third-order valence-corrected chi connectivity index (χ3v) is 4.36. The molecule has 2 heterocycles. The SMILES string of the molecule is Cc1cc(NC(=O)c2cnn(CCC(=O)O)c2)nn1Cc1ccc(F)cc1Cl. The zero-order chi connectivity index (χ0) is 20.3. The molecule has 2 aromatic heterocycles. The first-order valence-electron chi connectivity index (χ1n) is 8.36. The van der Waals surface area contributed by atoms with E-state index in [2.05, 4.69) is 15.5 Å². The Hall–Kier alpha value is -3.20. The third-order valence-electron chi connectivity index (χ3n) is 4.01. The highest BCUT2D eigenvalue weighted by molar-refractivity contribution is 6.31. The number of hydrogen-bond donors (Lipinski definition) is 2. The summed E-state index contributed by atoms with van der Waals surface area (Å²) in [7, 11) is 0. The molecule has 3 rings (SSSR count). The molecule has 0 unspecified atom stereocenters. The highest BCUT2D eigenvalue weighted by Gasteiger charge is 2.13. The minimum Gasteiger partial charge on any atom is -0.481 e. The van der Waals surface area contributed by atoms with E-state index >= 15 is 0 Å². The lowest BCUT2D eigenvalue weighted by atomic mass is 10.2. The molecule has 0 radical (unpaired) electrons. The van der Waals surface area contributed by atoms with Gasteiger partial charge >= 0.3 is 5.97 Å². The van der Waals surface area contributed by atoms with Gasteiger partial charge in [0.05, 0.1) is 31.3 Å². The van der Waals surface area contributed by atoms with Gasteiger partial charge in [-0.25, -0.2) is 4.39 Å². The van der Waals surface area contributed by atoms with Crippen molar-refractivity contribution in [2.45, 2.75) is 26.4 Å². The Bertz CT molecular complexity index is 1030. The van der Waals surface area contributed by atoms with Crippen LogP contribution in [0.25, 0.3) is 0 Å². The van der Waals surface area contributed by atoms with E-state index < -0.39 is 17.7 Å². The number of carboxylic acids is 1. The lowest BCUT2D eigenvalue weighted by Gasteiger charge is -2.06. The summed E-state index contributed by atoms with van der Waals surface area (Å²) in [5, 5.41) is 20.0. The van der Waals surface area contributed by atoms with E-state index in [0.29, 0.717) is 28.5 Å². The predicted octanol–water partition coefficient (Wildman–Crippen LogP) is 2.96. The van der Waals surface area contributed by atoms with Gasteiger partial charge in [0.2, 0.25) is 0 Å². The van der Waals surface area contributed by atoms with Crippen LogP contribution >= 0.6 is 11.6 Å². The van der Waals surface area contributed by atoms with Gasteiger partial charge in [0.1, 0.15) is 5.82 Å². The highest BCUT2D eigenvalue weighted by Crippen LogP contribution is 2.20. The Morgan fingerprint density at radius 2 is 2.11 bits per heavy atom. The number of nitrogens with one attached hydrogen (secondary N) is 1. The molecule has 146 valence electrons. The lowest BCUT2D eigenvalue weighted by molar-refractivity contribution is -0.137. The number of amides is 1. The lowest BCUT2D eigenvalue weighted by Crippen LogP contribution is -2.12. The molecule has 1 amide bonds. The minimum atomic E-state index is -0.941. The van der Waals surface area contributed by atoms with Gasteiger partial charge in [-0.2, -0.15) is 10.2 Å². The van der Waals surface area contributed by atoms with Crippen LogP contribution < -0.4 is 5.32 Å². The van der Waals surface area contributed by atoms with Gasteiger partial charge < -0.3 is 10.4 Å². The average Bonchev–Trinajstić information content (AvgIpc) is 3.22. The van der Waals surface area contributed by atoms with Crippen molar-refractivity contribution in [3.8, 4) is 0 Å². The third kappa shape index (κ3) is 4.74. The van der Waals surface area contributed by atoms with Crippen LogP contribution in [0, 0.1) is 12.7 Å². The number of nitrogens with zero attached hydrogens (tertiary/aromatic N) is 4. The smallest absolute Gasteiger partial charge is 0.305 e. The van der Waals surface area contributed by atoms with E-state index in [0.717, 1.165) is 5.69 Å². The van der Waals surface area contributed by atoms with E-state index in [-0.39, 0.29) is 13.0 Å². The summed E-state index contributed by atoms with van der Waals surface area (Å²) in [6, 6.07) is 5.85. The normalized spacial score (nSPS) is 10.8. The molecule has 2 N–H and O–H groups in total. The number of aliphatic carboxylic acids is 1. The maximum Gasteiger partial charge on any atom is 0.305 e. The van der Waals surface area contributed by atoms with Gasteiger partial charge in [0, 0.05) is 23.0 Å². The van der Waals surface area contributed by atoms with Gasteiger partial charge in [-0.15, -0.1) is 0 Å². The summed E-state index contributed by atoms with van der Waals surface area (Å²) in [5.41, 5.74) is 1.78. The van der Waals surface area contributed by atoms with Crippen LogP contribution in [0.5, 0.6) is 0 Å². The maximum absolute atomic E-state index is 13.2. The van der Waals surface area contributed by atoms with Crippen molar-refractivity contribution in [2.24, 2.45) is 0 Å². The topological polar surface area (TPSA) is 102 Å². The van der Waals surface area contributed by atoms with Crippen LogP contribution in [-0.4, -0.2) is 36.5 Å². The van der Waals surface area contributed by atoms with Gasteiger partial charge in [-0.05, 0) is 24.6 Å². The zero-order valence-electron chi connectivity index (χ0n) is 14.9. The van der Waals surface area contributed by atoms with Crippen molar-refractivity contribution < 1.29 is 19.1 Å². The van der Waals surface area contributed by atoms with Gasteiger partial charge in [-0.3, -0.25) is 19.0 Å². The molecule has 0 aliphatic rings. The summed E-state index contributed by atoms with van der Waals surface area (Å²) in [6.45, 7) is 2.33. The van der Waals surface area contributed by atoms with Crippen molar-refractivity contribution in [3.63, 3.8) is 0 Å². The second kappa shape index (κ2) is 8.22. The molecule has 1 aromatic carbocycles. The predicted molar refractivity (Wildman–Crippen MR) is 99.9 cm³/mol. The fourth-order valence-corrected chi connectivity index (χ4v) is 2.77. The first-order chi connectivity index (χ1) is 13.3. The van der Waals surface area contributed by atoms with Crippen molar-refractivity contribution >= 4 is 29.3 Å². The van der Waals surface area contributed by atoms with E-state index in [1.54, 1.807) is 16.8 Å². The number of aromatic nitrogens is 4. The molecule has 0 atom stereocenters. The van der Waals surface area contributed by atoms with Gasteiger partial charge in [0.15, 0.2) is 5.82 Å². The Labute approximate surface area is 164 Å². The number of hydrogen-bond acceptors (Lipinski definition) is 4. The summed E-state index contributed by atoms with van der Waals surface area (Å²) >= 11 is 6.05. The number of benzene rings is 1. The van der Waals surface area contributed by atoms with Crippen LogP contribution in [0.4, 0.5) is 10.2 Å². The number of aryl methyl sites for hydroxylation is 2. The highest BCUT2D eigenvalue weighted by atomic mass is 35.5. The molecule has 0 aliphatic heterocycles. The summed E-state index contributed by atoms with van der Waals surface area (Å²) in [6.07, 6.45) is 2.75. The number of halogens is 2. The summed E-state index contributed by atoms with van der Waals surface area (Å²) in [5.74, 6) is -1.42. The van der Waals surface area contributed by atoms with Crippen LogP contribution in [0.3, 0.4) is 0 Å². The number of carbonyl (C=O) groups is 2. The van der Waals surface area contributed by atoms with Crippen molar-refractivity contribution in [1.29, 1.82) is 0 Å². The molecule has 3 aromatic rings. The Balaban J connectivity index is 1.67. The van der Waals surface area contributed by atoms with Crippen molar-refractivity contribution in [2.75, 3.05) is 5.32 Å². The Morgan fingerprint density at radius 3 is 2.82 bits per heavy atom. The summed E-state index contributed by atoms with van der Waals surface area (Å²) in [4.78, 5) is 22.9. The number of rotatable bonds is 7. The zero-order valence-corrected chi connectivity index (χ0v) is 15.6. The standard InChI is InChI=1S/C18H17ClFN5O3/c1-11-6-16(23-25(11)10-12-2-3-14(20)7-15(12)19)22-18(28)13-8-21-24(9-13)5-4-17(26)27/h2-3,6-9H,4-5,10H2,1H3,(H,26,27)(H,22,23,28). The second-order valence-corrected chi connectivity index (χ2v) is 6.56. The monoisotopic (exact) mass is 405 g/mol. The Kier molecular flexibility index (Phi) is 5.74. The van der Waals surface area contributed by atoms with Gasteiger partial charge in [0.25, 0.3) is 5.91 Å². The van der Waals surface area contributed by atoms with Crippen LogP contribution in [0.1, 0.15) is 28.0 Å². The van der Waals surface area contributed by atoms with Crippen LogP contribution in [-0.2, 0) is 17.9 Å². The van der Waals surface area contributed by atoms with Crippen LogP contribution in [0.2, 0.25) is 5.02 Å². The molecule has 0 aliphatic carbocycles. The molecule has 0 bridgehead atoms. The molecule has 0 saturated carbocycles. The van der Waals surface area contributed by atoms with E-state index in [1.165, 1.54) is 29.2 Å². The molecule has 0 saturated heterocycles. The maximum atomic E-state index is 13.2. The van der Waals surface area contributed by atoms with Gasteiger partial charge in [-0.1, -0.05) is 17.7 Å².